The Morgan fingerprint density at radius 3 is 2.60 bits per heavy atom. The van der Waals surface area contributed by atoms with Crippen molar-refractivity contribution in [2.75, 3.05) is 0 Å². The van der Waals surface area contributed by atoms with E-state index in [0.717, 1.165) is 35.3 Å². The van der Waals surface area contributed by atoms with E-state index in [4.69, 9.17) is 4.52 Å². The van der Waals surface area contributed by atoms with E-state index in [-0.39, 0.29) is 41.9 Å². The van der Waals surface area contributed by atoms with Crippen LogP contribution in [0, 0.1) is 10.5 Å². The van der Waals surface area contributed by atoms with Crippen molar-refractivity contribution < 1.29 is 26.9 Å². The highest BCUT2D eigenvalue weighted by Crippen LogP contribution is 2.41. The Morgan fingerprint density at radius 1 is 1.26 bits per heavy atom. The number of nitrogens with one attached hydrogen (secondary N) is 2. The summed E-state index contributed by atoms with van der Waals surface area (Å²) in [6, 6.07) is 2.68. The summed E-state index contributed by atoms with van der Waals surface area (Å²) in [5, 5.41) is 9.63. The molecule has 2 heterocycles. The molecule has 0 aliphatic heterocycles. The Bertz CT molecular complexity index is 1130. The van der Waals surface area contributed by atoms with Gasteiger partial charge in [0.1, 0.15) is 11.7 Å². The normalized spacial score (nSPS) is 20.7. The first-order valence-corrected chi connectivity index (χ1v) is 12.3. The molecule has 188 valence electrons. The van der Waals surface area contributed by atoms with E-state index < -0.39 is 29.5 Å². The molecule has 1 saturated carbocycles. The van der Waals surface area contributed by atoms with Crippen LogP contribution in [0.5, 0.6) is 0 Å². The summed E-state index contributed by atoms with van der Waals surface area (Å²) in [6.07, 6.45) is -0.683. The first-order chi connectivity index (χ1) is 16.5. The van der Waals surface area contributed by atoms with Gasteiger partial charge in [-0.2, -0.15) is 18.2 Å². The molecule has 0 aromatic carbocycles. The molecule has 2 aliphatic carbocycles. The van der Waals surface area contributed by atoms with E-state index in [1.165, 1.54) is 6.20 Å². The number of amides is 2. The Kier molecular flexibility index (Phi) is 7.48. The van der Waals surface area contributed by atoms with Gasteiger partial charge in [0.2, 0.25) is 5.89 Å². The van der Waals surface area contributed by atoms with Crippen LogP contribution < -0.4 is 10.6 Å². The third-order valence-corrected chi connectivity index (χ3v) is 6.79. The number of hydrogen-bond acceptors (Lipinski definition) is 5. The number of alkyl halides is 4. The van der Waals surface area contributed by atoms with Gasteiger partial charge in [-0.3, -0.25) is 4.98 Å². The van der Waals surface area contributed by atoms with E-state index in [1.54, 1.807) is 19.1 Å². The number of aryl methyl sites for hydroxylation is 1. The van der Waals surface area contributed by atoms with Gasteiger partial charge in [0, 0.05) is 35.6 Å². The van der Waals surface area contributed by atoms with Crippen LogP contribution in [0.25, 0.3) is 0 Å². The highest BCUT2D eigenvalue weighted by atomic mass is 127. The highest BCUT2D eigenvalue weighted by Gasteiger charge is 2.45. The lowest BCUT2D eigenvalue weighted by Gasteiger charge is -2.38. The number of carbonyl (C=O) groups excluding carboxylic acids is 1. The van der Waals surface area contributed by atoms with Crippen molar-refractivity contribution in [2.45, 2.75) is 69.4 Å². The standard InChI is InChI=1S/C23H24F4IN5O2/c1-13-30-20(33-35-13)11-22(19-7-6-17(28)12-29-19,32-21(34)31-18-4-2-3-5-18)14-8-15(23(25,26)27)10-16(24)9-14/h6-8,10,12,16,18H,2-5,9,11H2,1H3,(H2,31,32,34)/t16?,22-/m1/s1. The van der Waals surface area contributed by atoms with Crippen LogP contribution in [-0.4, -0.2) is 39.5 Å². The second-order valence-electron chi connectivity index (χ2n) is 8.76. The zero-order valence-electron chi connectivity index (χ0n) is 18.8. The lowest BCUT2D eigenvalue weighted by Crippen LogP contribution is -2.55. The average Bonchev–Trinajstić information content (AvgIpc) is 3.44. The van der Waals surface area contributed by atoms with E-state index in [1.807, 2.05) is 22.6 Å². The number of carbonyl (C=O) groups is 1. The van der Waals surface area contributed by atoms with Crippen LogP contribution in [-0.2, 0) is 12.0 Å². The molecule has 2 amide bonds. The van der Waals surface area contributed by atoms with Crippen LogP contribution in [0.2, 0.25) is 0 Å². The molecule has 2 aromatic rings. The molecule has 7 nitrogen and oxygen atoms in total. The summed E-state index contributed by atoms with van der Waals surface area (Å²) in [5.74, 6) is 0.389. The fraction of sp³-hybridized carbons (Fsp3) is 0.478. The molecular formula is C23H24F4IN5O2. The molecular weight excluding hydrogens is 581 g/mol. The molecule has 35 heavy (non-hydrogen) atoms. The van der Waals surface area contributed by atoms with Gasteiger partial charge in [-0.25, -0.2) is 9.18 Å². The van der Waals surface area contributed by atoms with Gasteiger partial charge in [-0.1, -0.05) is 18.0 Å². The van der Waals surface area contributed by atoms with Crippen LogP contribution in [0.15, 0.2) is 46.2 Å². The molecule has 2 atom stereocenters. The first kappa shape index (κ1) is 25.6. The zero-order valence-corrected chi connectivity index (χ0v) is 21.0. The lowest BCUT2D eigenvalue weighted by atomic mass is 9.77. The topological polar surface area (TPSA) is 92.9 Å². The van der Waals surface area contributed by atoms with Gasteiger partial charge < -0.3 is 15.2 Å². The summed E-state index contributed by atoms with van der Waals surface area (Å²) in [4.78, 5) is 21.8. The Balaban J connectivity index is 1.84. The van der Waals surface area contributed by atoms with Gasteiger partial charge in [0.05, 0.1) is 11.3 Å². The number of urea groups is 1. The Labute approximate surface area is 213 Å². The van der Waals surface area contributed by atoms with Crippen LogP contribution in [0.4, 0.5) is 22.4 Å². The van der Waals surface area contributed by atoms with Crippen molar-refractivity contribution in [1.29, 1.82) is 0 Å². The van der Waals surface area contributed by atoms with Crippen molar-refractivity contribution in [2.24, 2.45) is 0 Å². The van der Waals surface area contributed by atoms with E-state index in [0.29, 0.717) is 6.08 Å². The molecule has 12 heteroatoms. The third kappa shape index (κ3) is 6.01. The molecule has 0 saturated heterocycles. The van der Waals surface area contributed by atoms with Crippen LogP contribution in [0.1, 0.15) is 49.5 Å². The predicted molar refractivity (Wildman–Crippen MR) is 127 cm³/mol. The van der Waals surface area contributed by atoms with Crippen molar-refractivity contribution in [3.05, 3.63) is 62.6 Å². The fourth-order valence-corrected chi connectivity index (χ4v) is 4.87. The molecule has 1 unspecified atom stereocenters. The minimum Gasteiger partial charge on any atom is -0.340 e. The first-order valence-electron chi connectivity index (χ1n) is 11.2. The summed E-state index contributed by atoms with van der Waals surface area (Å²) in [5.41, 5.74) is -2.52. The van der Waals surface area contributed by atoms with Gasteiger partial charge in [0.15, 0.2) is 5.82 Å². The number of halogens is 5. The van der Waals surface area contributed by atoms with Gasteiger partial charge >= 0.3 is 12.2 Å². The Morgan fingerprint density at radius 2 is 2.00 bits per heavy atom. The van der Waals surface area contributed by atoms with Gasteiger partial charge in [-0.15, -0.1) is 0 Å². The van der Waals surface area contributed by atoms with Crippen molar-refractivity contribution in [3.8, 4) is 0 Å². The van der Waals surface area contributed by atoms with Crippen molar-refractivity contribution in [1.82, 2.24) is 25.8 Å². The SMILES string of the molecule is Cc1nc(C[C@@](NC(=O)NC2CCCC2)(C2=CC(C(F)(F)F)=CC(F)C2)c2ccc(I)cn2)no1. The van der Waals surface area contributed by atoms with Crippen LogP contribution in [0.3, 0.4) is 0 Å². The number of aromatic nitrogens is 3. The molecule has 0 spiro atoms. The quantitative estimate of drug-likeness (QED) is 0.349. The molecule has 1 fully saturated rings. The molecule has 0 bridgehead atoms. The fourth-order valence-electron chi connectivity index (χ4n) is 4.55. The molecule has 2 aromatic heterocycles. The smallest absolute Gasteiger partial charge is 0.340 e. The maximum atomic E-state index is 14.7. The molecule has 4 rings (SSSR count). The van der Waals surface area contributed by atoms with Gasteiger partial charge in [-0.05, 0) is 65.3 Å². The monoisotopic (exact) mass is 605 g/mol. The second-order valence-corrected chi connectivity index (χ2v) is 10.0. The zero-order chi connectivity index (χ0) is 25.2. The number of hydrogen-bond donors (Lipinski definition) is 2. The Hall–Kier alpha value is -2.51. The predicted octanol–water partition coefficient (Wildman–Crippen LogP) is 5.21. The summed E-state index contributed by atoms with van der Waals surface area (Å²) >= 11 is 2.05. The number of allylic oxidation sites excluding steroid dienone is 3. The largest absolute Gasteiger partial charge is 0.416 e. The second kappa shape index (κ2) is 10.2. The number of rotatable bonds is 6. The van der Waals surface area contributed by atoms with E-state index in [9.17, 15) is 22.4 Å². The van der Waals surface area contributed by atoms with E-state index >= 15 is 0 Å². The molecule has 2 aliphatic rings. The summed E-state index contributed by atoms with van der Waals surface area (Å²) in [7, 11) is 0. The maximum absolute atomic E-state index is 14.7. The number of nitrogens with zero attached hydrogens (tertiary/aromatic N) is 3. The minimum absolute atomic E-state index is 0.0116. The number of pyridine rings is 1. The molecule has 0 radical (unpaired) electrons. The maximum Gasteiger partial charge on any atom is 0.416 e. The molecule has 2 N–H and O–H groups in total. The average molecular weight is 605 g/mol. The minimum atomic E-state index is -4.77. The van der Waals surface area contributed by atoms with E-state index in [2.05, 4.69) is 25.8 Å². The van der Waals surface area contributed by atoms with Gasteiger partial charge in [0.25, 0.3) is 0 Å². The summed E-state index contributed by atoms with van der Waals surface area (Å²) < 4.78 is 61.5. The van der Waals surface area contributed by atoms with Crippen LogP contribution >= 0.6 is 22.6 Å². The van der Waals surface area contributed by atoms with Crippen molar-refractivity contribution in [3.63, 3.8) is 0 Å². The lowest BCUT2D eigenvalue weighted by molar-refractivity contribution is -0.0892. The summed E-state index contributed by atoms with van der Waals surface area (Å²) in [6.45, 7) is 1.57. The third-order valence-electron chi connectivity index (χ3n) is 6.16. The van der Waals surface area contributed by atoms with Crippen molar-refractivity contribution >= 4 is 28.6 Å². The highest BCUT2D eigenvalue weighted by molar-refractivity contribution is 14.1.